The van der Waals surface area contributed by atoms with E-state index >= 15 is 0 Å². The van der Waals surface area contributed by atoms with Crippen LogP contribution in [-0.2, 0) is 0 Å². The van der Waals surface area contributed by atoms with E-state index < -0.39 is 0 Å². The first-order valence-electron chi connectivity index (χ1n) is 5.18. The predicted octanol–water partition coefficient (Wildman–Crippen LogP) is 4.36. The first-order chi connectivity index (χ1) is 8.19. The molecule has 17 heavy (non-hydrogen) atoms. The topological polar surface area (TPSA) is 26.3 Å². The Balaban J connectivity index is 2.24. The quantitative estimate of drug-likeness (QED) is 0.785. The fraction of sp³-hybridized carbons (Fsp3) is 0.0714. The Morgan fingerprint density at radius 3 is 2.59 bits per heavy atom. The monoisotopic (exact) mass is 290 g/mol. The summed E-state index contributed by atoms with van der Waals surface area (Å²) in [5.74, 6) is 1.42. The largest absolute Gasteiger partial charge is 0.457 e. The van der Waals surface area contributed by atoms with Crippen molar-refractivity contribution in [2.45, 2.75) is 6.92 Å². The van der Waals surface area contributed by atoms with Crippen LogP contribution in [0.2, 0.25) is 0 Å². The zero-order valence-electron chi connectivity index (χ0n) is 9.31. The Morgan fingerprint density at radius 1 is 1.12 bits per heavy atom. The molecule has 3 heteroatoms. The van der Waals surface area contributed by atoms with Crippen molar-refractivity contribution in [2.24, 2.45) is 0 Å². The van der Waals surface area contributed by atoms with Crippen molar-refractivity contribution >= 4 is 22.2 Å². The first-order valence-corrected chi connectivity index (χ1v) is 5.97. The molecule has 0 N–H and O–H groups in total. The molecule has 86 valence electrons. The van der Waals surface area contributed by atoms with Gasteiger partial charge in [0.1, 0.15) is 17.8 Å². The Morgan fingerprint density at radius 2 is 1.88 bits per heavy atom. The van der Waals surface area contributed by atoms with Gasteiger partial charge >= 0.3 is 0 Å². The second-order valence-electron chi connectivity index (χ2n) is 3.70. The van der Waals surface area contributed by atoms with E-state index in [1.807, 2.05) is 31.2 Å². The smallest absolute Gasteiger partial charge is 0.150 e. The molecule has 0 aromatic heterocycles. The molecule has 2 rings (SSSR count). The van der Waals surface area contributed by atoms with Gasteiger partial charge in [-0.05, 0) is 42.8 Å². The SMILES string of the molecule is Cc1cc(Oc2cccc(C=O)c2)ccc1Br. The van der Waals surface area contributed by atoms with Crippen LogP contribution in [-0.4, -0.2) is 6.29 Å². The lowest BCUT2D eigenvalue weighted by Gasteiger charge is -2.07. The van der Waals surface area contributed by atoms with Gasteiger partial charge in [-0.1, -0.05) is 28.1 Å². The van der Waals surface area contributed by atoms with Gasteiger partial charge in [-0.3, -0.25) is 4.79 Å². The van der Waals surface area contributed by atoms with Crippen molar-refractivity contribution in [1.82, 2.24) is 0 Å². The van der Waals surface area contributed by atoms with Crippen molar-refractivity contribution in [1.29, 1.82) is 0 Å². The van der Waals surface area contributed by atoms with E-state index in [9.17, 15) is 4.79 Å². The Kier molecular flexibility index (Phi) is 3.59. The molecule has 0 aliphatic carbocycles. The van der Waals surface area contributed by atoms with Gasteiger partial charge in [-0.2, -0.15) is 0 Å². The highest BCUT2D eigenvalue weighted by Gasteiger charge is 2.01. The van der Waals surface area contributed by atoms with Crippen molar-refractivity contribution < 1.29 is 9.53 Å². The van der Waals surface area contributed by atoms with Crippen molar-refractivity contribution in [3.8, 4) is 11.5 Å². The summed E-state index contributed by atoms with van der Waals surface area (Å²) in [5, 5.41) is 0. The summed E-state index contributed by atoms with van der Waals surface area (Å²) in [7, 11) is 0. The van der Waals surface area contributed by atoms with E-state index in [0.29, 0.717) is 11.3 Å². The summed E-state index contributed by atoms with van der Waals surface area (Å²) < 4.78 is 6.72. The fourth-order valence-corrected chi connectivity index (χ4v) is 1.71. The lowest BCUT2D eigenvalue weighted by Crippen LogP contribution is -1.87. The van der Waals surface area contributed by atoms with Gasteiger partial charge < -0.3 is 4.74 Å². The molecule has 0 aliphatic heterocycles. The molecule has 0 amide bonds. The van der Waals surface area contributed by atoms with Crippen LogP contribution < -0.4 is 4.74 Å². The minimum atomic E-state index is 0.608. The number of carbonyl (C=O) groups excluding carboxylic acids is 1. The third kappa shape index (κ3) is 2.94. The Hall–Kier alpha value is -1.61. The number of halogens is 1. The van der Waals surface area contributed by atoms with Gasteiger partial charge in [0.15, 0.2) is 0 Å². The second-order valence-corrected chi connectivity index (χ2v) is 4.56. The van der Waals surface area contributed by atoms with Crippen LogP contribution in [0.15, 0.2) is 46.9 Å². The number of hydrogen-bond acceptors (Lipinski definition) is 2. The summed E-state index contributed by atoms with van der Waals surface area (Å²) in [5.41, 5.74) is 1.71. The molecule has 2 aromatic carbocycles. The number of carbonyl (C=O) groups is 1. The van der Waals surface area contributed by atoms with Gasteiger partial charge in [-0.25, -0.2) is 0 Å². The summed E-state index contributed by atoms with van der Waals surface area (Å²) in [4.78, 5) is 10.6. The maximum Gasteiger partial charge on any atom is 0.150 e. The molecule has 2 nitrogen and oxygen atoms in total. The van der Waals surface area contributed by atoms with E-state index in [4.69, 9.17) is 4.74 Å². The van der Waals surface area contributed by atoms with Crippen molar-refractivity contribution in [2.75, 3.05) is 0 Å². The highest BCUT2D eigenvalue weighted by molar-refractivity contribution is 9.10. The molecule has 0 saturated carbocycles. The minimum absolute atomic E-state index is 0.608. The summed E-state index contributed by atoms with van der Waals surface area (Å²) in [6.45, 7) is 2.00. The van der Waals surface area contributed by atoms with E-state index in [0.717, 1.165) is 22.1 Å². The van der Waals surface area contributed by atoms with Crippen molar-refractivity contribution in [3.63, 3.8) is 0 Å². The van der Waals surface area contributed by atoms with Gasteiger partial charge in [0.05, 0.1) is 0 Å². The summed E-state index contributed by atoms with van der Waals surface area (Å²) in [6, 6.07) is 12.8. The average Bonchev–Trinajstić information content (AvgIpc) is 2.34. The van der Waals surface area contributed by atoms with Gasteiger partial charge in [0.2, 0.25) is 0 Å². The maximum absolute atomic E-state index is 10.6. The maximum atomic E-state index is 10.6. The molecule has 0 radical (unpaired) electrons. The molecular weight excluding hydrogens is 280 g/mol. The number of ether oxygens (including phenoxy) is 1. The van der Waals surface area contributed by atoms with Crippen LogP contribution in [0.5, 0.6) is 11.5 Å². The van der Waals surface area contributed by atoms with E-state index in [1.54, 1.807) is 18.2 Å². The molecule has 0 saturated heterocycles. The minimum Gasteiger partial charge on any atom is -0.457 e. The number of aryl methyl sites for hydroxylation is 1. The van der Waals surface area contributed by atoms with Crippen LogP contribution in [0.3, 0.4) is 0 Å². The third-order valence-corrected chi connectivity index (χ3v) is 3.25. The highest BCUT2D eigenvalue weighted by atomic mass is 79.9. The average molecular weight is 291 g/mol. The zero-order chi connectivity index (χ0) is 12.3. The standard InChI is InChI=1S/C14H11BrO2/c1-10-7-13(5-6-14(10)15)17-12-4-2-3-11(8-12)9-16/h2-9H,1H3. The molecule has 0 spiro atoms. The van der Waals surface area contributed by atoms with Crippen LogP contribution in [0.1, 0.15) is 15.9 Å². The predicted molar refractivity (Wildman–Crippen MR) is 70.8 cm³/mol. The van der Waals surface area contributed by atoms with Crippen LogP contribution >= 0.6 is 15.9 Å². The van der Waals surface area contributed by atoms with Crippen LogP contribution in [0.25, 0.3) is 0 Å². The van der Waals surface area contributed by atoms with Crippen LogP contribution in [0.4, 0.5) is 0 Å². The molecule has 0 fully saturated rings. The molecule has 0 atom stereocenters. The molecule has 0 bridgehead atoms. The molecule has 0 aliphatic rings. The second kappa shape index (κ2) is 5.15. The van der Waals surface area contributed by atoms with Crippen molar-refractivity contribution in [3.05, 3.63) is 58.1 Å². The lowest BCUT2D eigenvalue weighted by molar-refractivity contribution is 0.112. The highest BCUT2D eigenvalue weighted by Crippen LogP contribution is 2.26. The molecular formula is C14H11BrO2. The zero-order valence-corrected chi connectivity index (χ0v) is 10.9. The number of hydrogen-bond donors (Lipinski definition) is 0. The van der Waals surface area contributed by atoms with E-state index in [1.165, 1.54) is 0 Å². The summed E-state index contributed by atoms with van der Waals surface area (Å²) >= 11 is 3.44. The van der Waals surface area contributed by atoms with Gasteiger partial charge in [0, 0.05) is 10.0 Å². The van der Waals surface area contributed by atoms with Crippen LogP contribution in [0, 0.1) is 6.92 Å². The summed E-state index contributed by atoms with van der Waals surface area (Å²) in [6.07, 6.45) is 0.805. The Labute approximate surface area is 108 Å². The third-order valence-electron chi connectivity index (χ3n) is 2.36. The normalized spacial score (nSPS) is 10.0. The first kappa shape index (κ1) is 11.9. The molecule has 0 unspecified atom stereocenters. The van der Waals surface area contributed by atoms with Gasteiger partial charge in [-0.15, -0.1) is 0 Å². The number of benzene rings is 2. The number of aldehydes is 1. The lowest BCUT2D eigenvalue weighted by atomic mass is 10.2. The van der Waals surface area contributed by atoms with Gasteiger partial charge in [0.25, 0.3) is 0 Å². The molecule has 2 aromatic rings. The van der Waals surface area contributed by atoms with E-state index in [-0.39, 0.29) is 0 Å². The Bertz CT molecular complexity index is 550. The van der Waals surface area contributed by atoms with E-state index in [2.05, 4.69) is 15.9 Å². The fourth-order valence-electron chi connectivity index (χ4n) is 1.47. The molecule has 0 heterocycles. The number of rotatable bonds is 3.